The highest BCUT2D eigenvalue weighted by Crippen LogP contribution is 2.48. The molecular formula is C14H11F3N4O2. The third-order valence-electron chi connectivity index (χ3n) is 3.43. The molecule has 0 aromatic heterocycles. The van der Waals surface area contributed by atoms with E-state index in [0.29, 0.717) is 5.75 Å². The maximum Gasteiger partial charge on any atom is 0.438 e. The van der Waals surface area contributed by atoms with Gasteiger partial charge < -0.3 is 9.47 Å². The van der Waals surface area contributed by atoms with E-state index < -0.39 is 11.8 Å². The van der Waals surface area contributed by atoms with Crippen LogP contribution in [0.1, 0.15) is 5.56 Å². The lowest BCUT2D eigenvalue weighted by Crippen LogP contribution is -2.43. The first kappa shape index (κ1) is 15.2. The van der Waals surface area contributed by atoms with Gasteiger partial charge in [-0.2, -0.15) is 13.2 Å². The summed E-state index contributed by atoms with van der Waals surface area (Å²) in [5.41, 5.74) is -2.89. The molecule has 0 bridgehead atoms. The summed E-state index contributed by atoms with van der Waals surface area (Å²) in [7, 11) is 2.67. The fourth-order valence-corrected chi connectivity index (χ4v) is 2.29. The molecule has 2 heterocycles. The minimum absolute atomic E-state index is 0.0365. The van der Waals surface area contributed by atoms with Crippen LogP contribution in [-0.4, -0.2) is 44.5 Å². The highest BCUT2D eigenvalue weighted by Gasteiger charge is 2.59. The number of alkyl halides is 3. The van der Waals surface area contributed by atoms with Crippen LogP contribution in [0.5, 0.6) is 11.5 Å². The fourth-order valence-electron chi connectivity index (χ4n) is 2.29. The Morgan fingerprint density at radius 3 is 2.57 bits per heavy atom. The van der Waals surface area contributed by atoms with Crippen LogP contribution in [-0.2, 0) is 5.66 Å². The van der Waals surface area contributed by atoms with Crippen LogP contribution in [0, 0.1) is 0 Å². The van der Waals surface area contributed by atoms with Gasteiger partial charge in [-0.3, -0.25) is 0 Å². The summed E-state index contributed by atoms with van der Waals surface area (Å²) in [6.07, 6.45) is -2.63. The summed E-state index contributed by atoms with van der Waals surface area (Å²) in [6, 6.07) is 3.97. The van der Waals surface area contributed by atoms with Gasteiger partial charge in [0.05, 0.1) is 26.0 Å². The molecule has 2 aliphatic rings. The Labute approximate surface area is 129 Å². The molecule has 9 heteroatoms. The van der Waals surface area contributed by atoms with Gasteiger partial charge in [-0.15, -0.1) is 0 Å². The molecule has 1 atom stereocenters. The van der Waals surface area contributed by atoms with Crippen molar-refractivity contribution in [3.63, 3.8) is 0 Å². The highest BCUT2D eigenvalue weighted by atomic mass is 19.4. The zero-order valence-electron chi connectivity index (χ0n) is 12.1. The number of rotatable bonds is 3. The Morgan fingerprint density at radius 1 is 1.13 bits per heavy atom. The van der Waals surface area contributed by atoms with Crippen molar-refractivity contribution in [2.24, 2.45) is 20.0 Å². The normalized spacial score (nSPS) is 22.5. The maximum absolute atomic E-state index is 13.8. The minimum Gasteiger partial charge on any atom is -0.497 e. The average Bonchev–Trinajstić information content (AvgIpc) is 3.00. The Balaban J connectivity index is 2.24. The summed E-state index contributed by atoms with van der Waals surface area (Å²) in [4.78, 5) is 14.9. The van der Waals surface area contributed by atoms with Crippen molar-refractivity contribution in [1.29, 1.82) is 0 Å². The molecule has 0 aliphatic carbocycles. The molecule has 0 amide bonds. The quantitative estimate of drug-likeness (QED) is 0.857. The van der Waals surface area contributed by atoms with Crippen molar-refractivity contribution < 1.29 is 22.6 Å². The Hall–Kier alpha value is -2.71. The monoisotopic (exact) mass is 324 g/mol. The van der Waals surface area contributed by atoms with Gasteiger partial charge in [-0.1, -0.05) is 0 Å². The second-order valence-electron chi connectivity index (χ2n) is 4.69. The second-order valence-corrected chi connectivity index (χ2v) is 4.69. The van der Waals surface area contributed by atoms with E-state index in [1.807, 2.05) is 0 Å². The number of methoxy groups -OCH3 is 2. The molecule has 0 saturated heterocycles. The largest absolute Gasteiger partial charge is 0.497 e. The average molecular weight is 324 g/mol. The zero-order chi connectivity index (χ0) is 16.7. The van der Waals surface area contributed by atoms with Crippen LogP contribution in [0.2, 0.25) is 0 Å². The van der Waals surface area contributed by atoms with Gasteiger partial charge in [0, 0.05) is 6.07 Å². The lowest BCUT2D eigenvalue weighted by atomic mass is 9.97. The lowest BCUT2D eigenvalue weighted by molar-refractivity contribution is -0.186. The summed E-state index contributed by atoms with van der Waals surface area (Å²) in [6.45, 7) is 0. The number of halogens is 3. The van der Waals surface area contributed by atoms with E-state index in [2.05, 4.69) is 20.0 Å². The van der Waals surface area contributed by atoms with E-state index in [4.69, 9.17) is 9.47 Å². The number of hydrogen-bond donors (Lipinski definition) is 0. The van der Waals surface area contributed by atoms with Crippen molar-refractivity contribution in [2.75, 3.05) is 14.2 Å². The van der Waals surface area contributed by atoms with Crippen LogP contribution in [0.4, 0.5) is 13.2 Å². The van der Waals surface area contributed by atoms with Crippen molar-refractivity contribution in [1.82, 2.24) is 0 Å². The van der Waals surface area contributed by atoms with E-state index in [9.17, 15) is 13.2 Å². The first-order chi connectivity index (χ1) is 10.9. The first-order valence-electron chi connectivity index (χ1n) is 6.46. The van der Waals surface area contributed by atoms with Crippen molar-refractivity contribution in [3.05, 3.63) is 23.8 Å². The van der Waals surface area contributed by atoms with E-state index in [1.165, 1.54) is 32.4 Å². The Morgan fingerprint density at radius 2 is 1.91 bits per heavy atom. The van der Waals surface area contributed by atoms with Gasteiger partial charge in [0.25, 0.3) is 5.66 Å². The van der Waals surface area contributed by atoms with Gasteiger partial charge in [-0.05, 0) is 12.1 Å². The number of benzene rings is 1. The number of ether oxygens (including phenoxy) is 2. The van der Waals surface area contributed by atoms with E-state index >= 15 is 0 Å². The smallest absolute Gasteiger partial charge is 0.438 e. The van der Waals surface area contributed by atoms with E-state index in [-0.39, 0.29) is 22.9 Å². The molecule has 1 aromatic carbocycles. The van der Waals surface area contributed by atoms with Crippen LogP contribution in [0.25, 0.3) is 0 Å². The number of aliphatic imine (C=N–C) groups is 4. The van der Waals surface area contributed by atoms with Gasteiger partial charge in [-0.25, -0.2) is 20.0 Å². The Kier molecular flexibility index (Phi) is 3.42. The SMILES string of the molecule is COc1ccc(C2(C(F)(F)F)N=CC3=NC=NC3=N2)c(OC)c1. The molecule has 2 aliphatic heterocycles. The van der Waals surface area contributed by atoms with Gasteiger partial charge >= 0.3 is 6.18 Å². The predicted octanol–water partition coefficient (Wildman–Crippen LogP) is 2.38. The number of hydrogen-bond acceptors (Lipinski definition) is 6. The molecule has 0 saturated carbocycles. The molecular weight excluding hydrogens is 313 g/mol. The predicted molar refractivity (Wildman–Crippen MR) is 79.1 cm³/mol. The van der Waals surface area contributed by atoms with Gasteiger partial charge in [0.1, 0.15) is 23.5 Å². The standard InChI is InChI=1S/C14H11F3N4O2/c1-22-8-3-4-9(11(5-8)23-2)13(14(15,16)17)20-6-10-12(21-13)19-7-18-10/h3-7H,1-2H3. The van der Waals surface area contributed by atoms with E-state index in [1.54, 1.807) is 0 Å². The zero-order valence-corrected chi connectivity index (χ0v) is 12.1. The molecule has 3 rings (SSSR count). The molecule has 6 nitrogen and oxygen atoms in total. The topological polar surface area (TPSA) is 67.9 Å². The minimum atomic E-state index is -4.79. The maximum atomic E-state index is 13.8. The first-order valence-corrected chi connectivity index (χ1v) is 6.46. The molecule has 1 aromatic rings. The number of amidine groups is 1. The number of nitrogens with zero attached hydrogens (tertiary/aromatic N) is 4. The summed E-state index contributed by atoms with van der Waals surface area (Å²) in [5.74, 6) is 0.206. The van der Waals surface area contributed by atoms with Crippen molar-refractivity contribution in [3.8, 4) is 11.5 Å². The van der Waals surface area contributed by atoms with Gasteiger partial charge in [0.15, 0.2) is 5.84 Å². The van der Waals surface area contributed by atoms with Crippen molar-refractivity contribution in [2.45, 2.75) is 11.8 Å². The molecule has 0 radical (unpaired) electrons. The summed E-state index contributed by atoms with van der Waals surface area (Å²) >= 11 is 0. The fraction of sp³-hybridized carbons (Fsp3) is 0.286. The third-order valence-corrected chi connectivity index (χ3v) is 3.43. The Bertz CT molecular complexity index is 768. The lowest BCUT2D eigenvalue weighted by Gasteiger charge is -2.31. The van der Waals surface area contributed by atoms with E-state index in [0.717, 1.165) is 12.6 Å². The highest BCUT2D eigenvalue weighted by molar-refractivity contribution is 6.65. The molecule has 23 heavy (non-hydrogen) atoms. The summed E-state index contributed by atoms with van der Waals surface area (Å²) in [5, 5.41) is 0. The molecule has 0 spiro atoms. The van der Waals surface area contributed by atoms with Gasteiger partial charge in [0.2, 0.25) is 0 Å². The van der Waals surface area contributed by atoms with Crippen LogP contribution in [0.3, 0.4) is 0 Å². The summed E-state index contributed by atoms with van der Waals surface area (Å²) < 4.78 is 51.6. The molecule has 0 fully saturated rings. The van der Waals surface area contributed by atoms with Crippen LogP contribution >= 0.6 is 0 Å². The third kappa shape index (κ3) is 2.28. The molecule has 120 valence electrons. The van der Waals surface area contributed by atoms with Crippen LogP contribution in [0.15, 0.2) is 38.2 Å². The second kappa shape index (κ2) is 5.18. The van der Waals surface area contributed by atoms with Crippen LogP contribution < -0.4 is 9.47 Å². The van der Waals surface area contributed by atoms with Crippen molar-refractivity contribution >= 4 is 24.1 Å². The number of fused-ring (bicyclic) bond motifs is 1. The molecule has 0 N–H and O–H groups in total. The molecule has 1 unspecified atom stereocenters.